The third-order valence-electron chi connectivity index (χ3n) is 3.31. The molecule has 1 aliphatic rings. The summed E-state index contributed by atoms with van der Waals surface area (Å²) in [7, 11) is 0. The second kappa shape index (κ2) is 6.94. The van der Waals surface area contributed by atoms with Crippen molar-refractivity contribution in [3.8, 4) is 5.75 Å². The molecule has 0 unspecified atom stereocenters. The maximum Gasteiger partial charge on any atom is 0.306 e. The minimum Gasteiger partial charge on any atom is -0.508 e. The Bertz CT molecular complexity index is 541. The van der Waals surface area contributed by atoms with Gasteiger partial charge in [-0.2, -0.15) is 0 Å². The monoisotopic (exact) mass is 272 g/mol. The van der Waals surface area contributed by atoms with Crippen molar-refractivity contribution in [3.63, 3.8) is 0 Å². The van der Waals surface area contributed by atoms with Gasteiger partial charge in [-0.3, -0.25) is 4.79 Å². The first-order valence-electron chi connectivity index (χ1n) is 7.05. The van der Waals surface area contributed by atoms with Crippen LogP contribution in [0.25, 0.3) is 5.57 Å². The summed E-state index contributed by atoms with van der Waals surface area (Å²) in [4.78, 5) is 11.4. The molecule has 3 heteroatoms. The lowest BCUT2D eigenvalue weighted by molar-refractivity contribution is -0.143. The first-order chi connectivity index (χ1) is 9.70. The van der Waals surface area contributed by atoms with Crippen molar-refractivity contribution in [1.82, 2.24) is 0 Å². The summed E-state index contributed by atoms with van der Waals surface area (Å²) in [6.07, 6.45) is 9.37. The van der Waals surface area contributed by atoms with E-state index in [1.165, 1.54) is 5.57 Å². The van der Waals surface area contributed by atoms with Crippen LogP contribution in [0.1, 0.15) is 37.3 Å². The average Bonchev–Trinajstić information content (AvgIpc) is 2.47. The Morgan fingerprint density at radius 1 is 1.35 bits per heavy atom. The summed E-state index contributed by atoms with van der Waals surface area (Å²) in [5.74, 6) is 0.00696. The van der Waals surface area contributed by atoms with Crippen molar-refractivity contribution in [2.24, 2.45) is 0 Å². The molecule has 0 bridgehead atoms. The van der Waals surface area contributed by atoms with Crippen molar-refractivity contribution in [3.05, 3.63) is 47.6 Å². The highest BCUT2D eigenvalue weighted by molar-refractivity contribution is 5.76. The van der Waals surface area contributed by atoms with E-state index in [4.69, 9.17) is 4.74 Å². The fraction of sp³-hybridized carbons (Fsp3) is 0.353. The fourth-order valence-corrected chi connectivity index (χ4v) is 2.26. The van der Waals surface area contributed by atoms with E-state index in [1.54, 1.807) is 13.0 Å². The standard InChI is InChI=1S/C17H20O3/c1-2-20-17(19)11-9-15-12-14(8-10-16(15)18)13-6-4-3-5-7-13/h4,6-8,10,12,18H,2-3,5,9,11H2,1H3. The molecule has 20 heavy (non-hydrogen) atoms. The molecule has 1 aromatic rings. The lowest BCUT2D eigenvalue weighted by Crippen LogP contribution is -2.05. The van der Waals surface area contributed by atoms with Gasteiger partial charge in [-0.15, -0.1) is 0 Å². The summed E-state index contributed by atoms with van der Waals surface area (Å²) >= 11 is 0. The van der Waals surface area contributed by atoms with Crippen molar-refractivity contribution in [2.75, 3.05) is 6.61 Å². The molecule has 0 amide bonds. The molecule has 0 spiro atoms. The number of allylic oxidation sites excluding steroid dienone is 4. The molecule has 2 rings (SSSR count). The van der Waals surface area contributed by atoms with E-state index < -0.39 is 0 Å². The van der Waals surface area contributed by atoms with Gasteiger partial charge in [0.25, 0.3) is 0 Å². The largest absolute Gasteiger partial charge is 0.508 e. The van der Waals surface area contributed by atoms with Crippen LogP contribution in [0.15, 0.2) is 36.4 Å². The molecule has 1 aromatic carbocycles. The van der Waals surface area contributed by atoms with Crippen LogP contribution >= 0.6 is 0 Å². The number of benzene rings is 1. The van der Waals surface area contributed by atoms with Gasteiger partial charge >= 0.3 is 5.97 Å². The molecule has 1 aliphatic carbocycles. The zero-order chi connectivity index (χ0) is 14.4. The van der Waals surface area contributed by atoms with Gasteiger partial charge in [-0.1, -0.05) is 24.3 Å². The van der Waals surface area contributed by atoms with Crippen molar-refractivity contribution in [1.29, 1.82) is 0 Å². The summed E-state index contributed by atoms with van der Waals surface area (Å²) < 4.78 is 4.91. The first kappa shape index (κ1) is 14.4. The SMILES string of the molecule is CCOC(=O)CCc1cc(C2=CCCC=C2)ccc1O. The topological polar surface area (TPSA) is 46.5 Å². The fourth-order valence-electron chi connectivity index (χ4n) is 2.26. The molecule has 0 aromatic heterocycles. The average molecular weight is 272 g/mol. The zero-order valence-corrected chi connectivity index (χ0v) is 11.8. The van der Waals surface area contributed by atoms with Crippen LogP contribution in [0, 0.1) is 0 Å². The van der Waals surface area contributed by atoms with Crippen molar-refractivity contribution >= 4 is 11.5 Å². The molecular weight excluding hydrogens is 252 g/mol. The lowest BCUT2D eigenvalue weighted by atomic mass is 9.96. The Kier molecular flexibility index (Phi) is 4.99. The maximum atomic E-state index is 11.4. The Balaban J connectivity index is 2.10. The second-order valence-corrected chi connectivity index (χ2v) is 4.79. The van der Waals surface area contributed by atoms with Gasteiger partial charge in [0.15, 0.2) is 0 Å². The molecule has 0 saturated heterocycles. The number of aromatic hydroxyl groups is 1. The number of ether oxygens (including phenoxy) is 1. The van der Waals surface area contributed by atoms with E-state index in [2.05, 4.69) is 18.2 Å². The molecule has 1 N–H and O–H groups in total. The molecular formula is C17H20O3. The number of aryl methyl sites for hydroxylation is 1. The van der Waals surface area contributed by atoms with E-state index in [0.29, 0.717) is 19.4 Å². The maximum absolute atomic E-state index is 11.4. The Morgan fingerprint density at radius 2 is 2.20 bits per heavy atom. The number of rotatable bonds is 5. The quantitative estimate of drug-likeness (QED) is 0.833. The predicted molar refractivity (Wildman–Crippen MR) is 79.4 cm³/mol. The van der Waals surface area contributed by atoms with Gasteiger partial charge < -0.3 is 9.84 Å². The minimum atomic E-state index is -0.228. The van der Waals surface area contributed by atoms with Crippen LogP contribution in [0.5, 0.6) is 5.75 Å². The van der Waals surface area contributed by atoms with E-state index in [1.807, 2.05) is 12.1 Å². The molecule has 0 atom stereocenters. The van der Waals surface area contributed by atoms with Crippen LogP contribution < -0.4 is 0 Å². The van der Waals surface area contributed by atoms with Crippen molar-refractivity contribution in [2.45, 2.75) is 32.6 Å². The Hall–Kier alpha value is -2.03. The van der Waals surface area contributed by atoms with Gasteiger partial charge in [0.2, 0.25) is 0 Å². The zero-order valence-electron chi connectivity index (χ0n) is 11.8. The minimum absolute atomic E-state index is 0.228. The smallest absolute Gasteiger partial charge is 0.306 e. The Labute approximate surface area is 119 Å². The molecule has 0 fully saturated rings. The third-order valence-corrected chi connectivity index (χ3v) is 3.31. The number of hydrogen-bond acceptors (Lipinski definition) is 3. The normalized spacial score (nSPS) is 13.9. The van der Waals surface area contributed by atoms with E-state index in [9.17, 15) is 9.90 Å². The molecule has 0 saturated carbocycles. The van der Waals surface area contributed by atoms with Crippen LogP contribution in [0.2, 0.25) is 0 Å². The third kappa shape index (κ3) is 3.73. The highest BCUT2D eigenvalue weighted by atomic mass is 16.5. The van der Waals surface area contributed by atoms with Crippen LogP contribution in [0.3, 0.4) is 0 Å². The predicted octanol–water partition coefficient (Wildman–Crippen LogP) is 3.62. The second-order valence-electron chi connectivity index (χ2n) is 4.79. The summed E-state index contributed by atoms with van der Waals surface area (Å²) in [5.41, 5.74) is 3.04. The highest BCUT2D eigenvalue weighted by Crippen LogP contribution is 2.27. The van der Waals surface area contributed by atoms with Gasteiger partial charge in [-0.05, 0) is 55.0 Å². The number of carbonyl (C=O) groups is 1. The first-order valence-corrected chi connectivity index (χ1v) is 7.05. The van der Waals surface area contributed by atoms with Gasteiger partial charge in [-0.25, -0.2) is 0 Å². The van der Waals surface area contributed by atoms with Crippen LogP contribution in [-0.4, -0.2) is 17.7 Å². The van der Waals surface area contributed by atoms with E-state index in [0.717, 1.165) is 24.0 Å². The number of phenols is 1. The van der Waals surface area contributed by atoms with Gasteiger partial charge in [0.05, 0.1) is 6.61 Å². The number of esters is 1. The van der Waals surface area contributed by atoms with E-state index in [-0.39, 0.29) is 11.7 Å². The number of hydrogen-bond donors (Lipinski definition) is 1. The summed E-state index contributed by atoms with van der Waals surface area (Å²) in [6.45, 7) is 2.18. The van der Waals surface area contributed by atoms with Gasteiger partial charge in [0.1, 0.15) is 5.75 Å². The molecule has 0 aliphatic heterocycles. The van der Waals surface area contributed by atoms with Crippen molar-refractivity contribution < 1.29 is 14.6 Å². The molecule has 0 heterocycles. The lowest BCUT2D eigenvalue weighted by Gasteiger charge is -2.11. The van der Waals surface area contributed by atoms with E-state index >= 15 is 0 Å². The summed E-state index contributed by atoms with van der Waals surface area (Å²) in [6, 6.07) is 5.56. The number of carbonyl (C=O) groups excluding carboxylic acids is 1. The molecule has 3 nitrogen and oxygen atoms in total. The summed E-state index contributed by atoms with van der Waals surface area (Å²) in [5, 5.41) is 9.89. The molecule has 106 valence electrons. The number of phenolic OH excluding ortho intramolecular Hbond substituents is 1. The van der Waals surface area contributed by atoms with Crippen LogP contribution in [-0.2, 0) is 16.0 Å². The van der Waals surface area contributed by atoms with Crippen LogP contribution in [0.4, 0.5) is 0 Å². The molecule has 0 radical (unpaired) electrons. The van der Waals surface area contributed by atoms with Gasteiger partial charge in [0, 0.05) is 6.42 Å². The Morgan fingerprint density at radius 3 is 2.90 bits per heavy atom. The highest BCUT2D eigenvalue weighted by Gasteiger charge is 2.09.